The second-order valence-electron chi connectivity index (χ2n) is 3.83. The molecule has 0 aromatic heterocycles. The maximum absolute atomic E-state index is 13.6. The van der Waals surface area contributed by atoms with Crippen LogP contribution in [0.15, 0.2) is 34.8 Å². The summed E-state index contributed by atoms with van der Waals surface area (Å²) in [6.45, 7) is 0. The lowest BCUT2D eigenvalue weighted by molar-refractivity contribution is 0.0694. The first-order chi connectivity index (χ1) is 9.40. The minimum Gasteiger partial charge on any atom is -0.478 e. The van der Waals surface area contributed by atoms with E-state index in [0.29, 0.717) is 0 Å². The number of nitrogens with two attached hydrogens (primary N) is 1. The molecule has 0 atom stereocenters. The van der Waals surface area contributed by atoms with Crippen LogP contribution >= 0.6 is 15.9 Å². The predicted octanol–water partition coefficient (Wildman–Crippen LogP) is 3.80. The third kappa shape index (κ3) is 2.72. The van der Waals surface area contributed by atoms with Gasteiger partial charge in [-0.25, -0.2) is 9.18 Å². The third-order valence-corrected chi connectivity index (χ3v) is 2.91. The second-order valence-corrected chi connectivity index (χ2v) is 4.75. The van der Waals surface area contributed by atoms with Crippen molar-refractivity contribution in [3.8, 4) is 11.5 Å². The van der Waals surface area contributed by atoms with Crippen molar-refractivity contribution >= 4 is 27.6 Å². The Kier molecular flexibility index (Phi) is 3.89. The Morgan fingerprint density at radius 2 is 2.00 bits per heavy atom. The summed E-state index contributed by atoms with van der Waals surface area (Å²) >= 11 is 2.99. The Morgan fingerprint density at radius 3 is 2.65 bits per heavy atom. The normalized spacial score (nSPS) is 10.3. The number of hydrogen-bond donors (Lipinski definition) is 2. The van der Waals surface area contributed by atoms with E-state index < -0.39 is 23.4 Å². The number of carboxylic acids is 1. The van der Waals surface area contributed by atoms with E-state index in [0.717, 1.165) is 6.07 Å². The van der Waals surface area contributed by atoms with Crippen LogP contribution in [0.3, 0.4) is 0 Å². The van der Waals surface area contributed by atoms with Crippen LogP contribution in [0, 0.1) is 11.6 Å². The van der Waals surface area contributed by atoms with Gasteiger partial charge in [0, 0.05) is 4.47 Å². The van der Waals surface area contributed by atoms with Crippen molar-refractivity contribution in [2.75, 3.05) is 5.73 Å². The van der Waals surface area contributed by atoms with E-state index in [1.165, 1.54) is 24.3 Å². The molecule has 0 aliphatic rings. The summed E-state index contributed by atoms with van der Waals surface area (Å²) in [5.41, 5.74) is 5.38. The molecule has 0 spiro atoms. The third-order valence-electron chi connectivity index (χ3n) is 2.45. The van der Waals surface area contributed by atoms with Crippen LogP contribution < -0.4 is 10.5 Å². The summed E-state index contributed by atoms with van der Waals surface area (Å²) in [6.07, 6.45) is 0. The molecule has 0 amide bonds. The van der Waals surface area contributed by atoms with Gasteiger partial charge in [0.05, 0.1) is 5.69 Å². The topological polar surface area (TPSA) is 72.6 Å². The zero-order chi connectivity index (χ0) is 14.9. The molecule has 104 valence electrons. The highest BCUT2D eigenvalue weighted by Crippen LogP contribution is 2.34. The van der Waals surface area contributed by atoms with Gasteiger partial charge in [-0.1, -0.05) is 22.0 Å². The molecular weight excluding hydrogens is 336 g/mol. The molecule has 3 N–H and O–H groups in total. The van der Waals surface area contributed by atoms with Gasteiger partial charge in [-0.05, 0) is 24.3 Å². The lowest BCUT2D eigenvalue weighted by Crippen LogP contribution is -2.04. The number of para-hydroxylation sites is 1. The van der Waals surface area contributed by atoms with Crippen LogP contribution in [0.25, 0.3) is 0 Å². The van der Waals surface area contributed by atoms with Gasteiger partial charge in [0.2, 0.25) is 5.82 Å². The molecule has 7 heteroatoms. The van der Waals surface area contributed by atoms with Crippen molar-refractivity contribution in [2.24, 2.45) is 0 Å². The summed E-state index contributed by atoms with van der Waals surface area (Å²) in [7, 11) is 0. The van der Waals surface area contributed by atoms with Crippen LogP contribution in [0.2, 0.25) is 0 Å². The molecule has 20 heavy (non-hydrogen) atoms. The van der Waals surface area contributed by atoms with Crippen molar-refractivity contribution in [3.05, 3.63) is 52.0 Å². The van der Waals surface area contributed by atoms with Crippen LogP contribution in [-0.4, -0.2) is 11.1 Å². The molecule has 0 aliphatic heterocycles. The maximum Gasteiger partial charge on any atom is 0.339 e. The van der Waals surface area contributed by atoms with Gasteiger partial charge in [0.1, 0.15) is 5.56 Å². The lowest BCUT2D eigenvalue weighted by Gasteiger charge is -2.12. The minimum absolute atomic E-state index is 0.00434. The number of aromatic carboxylic acids is 1. The number of anilines is 1. The first kappa shape index (κ1) is 14.3. The van der Waals surface area contributed by atoms with Crippen LogP contribution in [0.4, 0.5) is 14.5 Å². The highest BCUT2D eigenvalue weighted by molar-refractivity contribution is 9.10. The van der Waals surface area contributed by atoms with Gasteiger partial charge in [0.25, 0.3) is 0 Å². The molecule has 0 radical (unpaired) electrons. The van der Waals surface area contributed by atoms with Gasteiger partial charge in [-0.3, -0.25) is 0 Å². The highest BCUT2D eigenvalue weighted by Gasteiger charge is 2.18. The molecule has 0 heterocycles. The Morgan fingerprint density at radius 1 is 1.30 bits per heavy atom. The van der Waals surface area contributed by atoms with Crippen molar-refractivity contribution in [2.45, 2.75) is 0 Å². The van der Waals surface area contributed by atoms with Gasteiger partial charge < -0.3 is 15.6 Å². The predicted molar refractivity (Wildman–Crippen MR) is 71.9 cm³/mol. The molecule has 0 saturated heterocycles. The molecule has 0 fully saturated rings. The zero-order valence-electron chi connectivity index (χ0n) is 9.86. The quantitative estimate of drug-likeness (QED) is 0.656. The number of carboxylic acid groups (broad SMARTS) is 1. The number of carbonyl (C=O) groups is 1. The first-order valence-electron chi connectivity index (χ1n) is 5.34. The van der Waals surface area contributed by atoms with Gasteiger partial charge in [-0.15, -0.1) is 0 Å². The standard InChI is InChI=1S/C13H8BrF2NO3/c14-6-4-8(15)11(16)10(5-6)20-12-7(13(18)19)2-1-3-9(12)17/h1-5H,17H2,(H,18,19). The Balaban J connectivity index is 2.53. The van der Waals surface area contributed by atoms with Crippen LogP contribution in [0.1, 0.15) is 10.4 Å². The second kappa shape index (κ2) is 5.46. The average Bonchev–Trinajstić information content (AvgIpc) is 2.37. The summed E-state index contributed by atoms with van der Waals surface area (Å²) < 4.78 is 32.3. The first-order valence-corrected chi connectivity index (χ1v) is 6.13. The van der Waals surface area contributed by atoms with Crippen molar-refractivity contribution in [1.82, 2.24) is 0 Å². The number of hydrogen-bond acceptors (Lipinski definition) is 3. The average molecular weight is 344 g/mol. The fourth-order valence-electron chi connectivity index (χ4n) is 1.55. The number of benzene rings is 2. The zero-order valence-corrected chi connectivity index (χ0v) is 11.4. The van der Waals surface area contributed by atoms with Gasteiger partial charge in [-0.2, -0.15) is 4.39 Å². The summed E-state index contributed by atoms with van der Waals surface area (Å²) in [5.74, 6) is -4.34. The monoisotopic (exact) mass is 343 g/mol. The van der Waals surface area contributed by atoms with Gasteiger partial charge >= 0.3 is 5.97 Å². The fraction of sp³-hybridized carbons (Fsp3) is 0. The summed E-state index contributed by atoms with van der Waals surface area (Å²) in [5, 5.41) is 9.03. The highest BCUT2D eigenvalue weighted by atomic mass is 79.9. The van der Waals surface area contributed by atoms with E-state index in [2.05, 4.69) is 15.9 Å². The molecule has 2 aromatic rings. The van der Waals surface area contributed by atoms with E-state index in [-0.39, 0.29) is 21.5 Å². The molecular formula is C13H8BrF2NO3. The molecule has 0 bridgehead atoms. The molecule has 0 unspecified atom stereocenters. The number of ether oxygens (including phenoxy) is 1. The van der Waals surface area contributed by atoms with Crippen LogP contribution in [-0.2, 0) is 0 Å². The Labute approximate surface area is 120 Å². The summed E-state index contributed by atoms with van der Waals surface area (Å²) in [6, 6.07) is 6.17. The summed E-state index contributed by atoms with van der Waals surface area (Å²) in [4.78, 5) is 11.1. The van der Waals surface area contributed by atoms with E-state index in [4.69, 9.17) is 15.6 Å². The number of nitrogen functional groups attached to an aromatic ring is 1. The number of rotatable bonds is 3. The van der Waals surface area contributed by atoms with E-state index >= 15 is 0 Å². The SMILES string of the molecule is Nc1cccc(C(=O)O)c1Oc1cc(Br)cc(F)c1F. The fourth-order valence-corrected chi connectivity index (χ4v) is 1.96. The molecule has 0 saturated carbocycles. The number of halogens is 3. The van der Waals surface area contributed by atoms with Crippen molar-refractivity contribution < 1.29 is 23.4 Å². The largest absolute Gasteiger partial charge is 0.478 e. The van der Waals surface area contributed by atoms with Crippen LogP contribution in [0.5, 0.6) is 11.5 Å². The molecule has 0 aliphatic carbocycles. The Bertz CT molecular complexity index is 692. The van der Waals surface area contributed by atoms with E-state index in [1.807, 2.05) is 0 Å². The lowest BCUT2D eigenvalue weighted by atomic mass is 10.1. The molecule has 2 rings (SSSR count). The van der Waals surface area contributed by atoms with Crippen molar-refractivity contribution in [1.29, 1.82) is 0 Å². The smallest absolute Gasteiger partial charge is 0.339 e. The molecule has 4 nitrogen and oxygen atoms in total. The minimum atomic E-state index is -1.29. The van der Waals surface area contributed by atoms with Gasteiger partial charge in [0.15, 0.2) is 17.3 Å². The molecule has 2 aromatic carbocycles. The Hall–Kier alpha value is -2.15. The maximum atomic E-state index is 13.6. The van der Waals surface area contributed by atoms with Crippen molar-refractivity contribution in [3.63, 3.8) is 0 Å². The van der Waals surface area contributed by atoms with E-state index in [1.54, 1.807) is 0 Å². The van der Waals surface area contributed by atoms with E-state index in [9.17, 15) is 13.6 Å².